The van der Waals surface area contributed by atoms with Crippen molar-refractivity contribution in [3.63, 3.8) is 0 Å². The minimum absolute atomic E-state index is 0.0389. The molecule has 1 rings (SSSR count). The van der Waals surface area contributed by atoms with Gasteiger partial charge in [0.15, 0.2) is 0 Å². The van der Waals surface area contributed by atoms with Gasteiger partial charge >= 0.3 is 11.8 Å². The van der Waals surface area contributed by atoms with Crippen molar-refractivity contribution in [3.05, 3.63) is 11.4 Å². The minimum Gasteiger partial charge on any atom is -0.392 e. The number of aliphatic hydroxyl groups excluding tert-OH is 1. The number of nitrogens with one attached hydrogen (secondary N) is 2. The summed E-state index contributed by atoms with van der Waals surface area (Å²) in [6.07, 6.45) is -0.691. The van der Waals surface area contributed by atoms with Crippen LogP contribution in [0, 0.1) is 13.8 Å². The Morgan fingerprint density at radius 1 is 1.39 bits per heavy atom. The zero-order chi connectivity index (χ0) is 13.9. The first-order chi connectivity index (χ1) is 8.32. The Morgan fingerprint density at radius 3 is 2.44 bits per heavy atom. The predicted octanol–water partition coefficient (Wildman–Crippen LogP) is -0.528. The molecule has 1 aromatic heterocycles. The van der Waals surface area contributed by atoms with E-state index in [1.54, 1.807) is 25.6 Å². The highest BCUT2D eigenvalue weighted by Gasteiger charge is 2.18. The lowest BCUT2D eigenvalue weighted by Gasteiger charge is -2.08. The smallest absolute Gasteiger partial charge is 0.313 e. The molecule has 0 aromatic carbocycles. The molecule has 7 heteroatoms. The predicted molar refractivity (Wildman–Crippen MR) is 66.0 cm³/mol. The normalized spacial score (nSPS) is 12.1. The van der Waals surface area contributed by atoms with Gasteiger partial charge in [-0.15, -0.1) is 0 Å². The molecule has 18 heavy (non-hydrogen) atoms. The van der Waals surface area contributed by atoms with E-state index in [-0.39, 0.29) is 6.54 Å². The molecule has 0 bridgehead atoms. The number of hydrogen-bond acceptors (Lipinski definition) is 4. The maximum atomic E-state index is 11.6. The van der Waals surface area contributed by atoms with Crippen molar-refractivity contribution in [3.8, 4) is 0 Å². The van der Waals surface area contributed by atoms with Gasteiger partial charge in [0.25, 0.3) is 0 Å². The van der Waals surface area contributed by atoms with E-state index in [1.165, 1.54) is 6.92 Å². The van der Waals surface area contributed by atoms with Crippen molar-refractivity contribution in [2.75, 3.05) is 11.9 Å². The molecule has 0 unspecified atom stereocenters. The minimum atomic E-state index is -0.779. The molecule has 100 valence electrons. The fourth-order valence-corrected chi connectivity index (χ4v) is 1.45. The topological polar surface area (TPSA) is 96.2 Å². The van der Waals surface area contributed by atoms with Crippen molar-refractivity contribution >= 4 is 17.5 Å². The molecule has 0 aliphatic heterocycles. The summed E-state index contributed by atoms with van der Waals surface area (Å²) in [5.41, 5.74) is 1.95. The van der Waals surface area contributed by atoms with Crippen LogP contribution in [0.4, 0.5) is 5.69 Å². The number of amides is 2. The molecule has 7 nitrogen and oxygen atoms in total. The monoisotopic (exact) mass is 254 g/mol. The van der Waals surface area contributed by atoms with Crippen LogP contribution < -0.4 is 10.6 Å². The largest absolute Gasteiger partial charge is 0.392 e. The highest BCUT2D eigenvalue weighted by molar-refractivity contribution is 6.39. The molecule has 1 heterocycles. The molecule has 0 saturated heterocycles. The van der Waals surface area contributed by atoms with Crippen LogP contribution in [0.3, 0.4) is 0 Å². The van der Waals surface area contributed by atoms with Crippen molar-refractivity contribution in [2.24, 2.45) is 7.05 Å². The second-order valence-corrected chi connectivity index (χ2v) is 4.18. The zero-order valence-corrected chi connectivity index (χ0v) is 10.9. The average Bonchev–Trinajstić information content (AvgIpc) is 2.52. The zero-order valence-electron chi connectivity index (χ0n) is 10.9. The van der Waals surface area contributed by atoms with Crippen molar-refractivity contribution in [1.82, 2.24) is 15.1 Å². The quantitative estimate of drug-likeness (QED) is 0.632. The second kappa shape index (κ2) is 5.63. The summed E-state index contributed by atoms with van der Waals surface area (Å²) in [5.74, 6) is -1.55. The Hall–Kier alpha value is -1.89. The van der Waals surface area contributed by atoms with Gasteiger partial charge in [-0.1, -0.05) is 0 Å². The van der Waals surface area contributed by atoms with Crippen LogP contribution >= 0.6 is 0 Å². The molecular weight excluding hydrogens is 236 g/mol. The molecule has 0 spiro atoms. The molecule has 1 aromatic rings. The highest BCUT2D eigenvalue weighted by Crippen LogP contribution is 2.17. The molecule has 0 aliphatic carbocycles. The summed E-state index contributed by atoms with van der Waals surface area (Å²) in [4.78, 5) is 23.0. The van der Waals surface area contributed by atoms with Gasteiger partial charge in [-0.2, -0.15) is 5.10 Å². The number of carbonyl (C=O) groups excluding carboxylic acids is 2. The van der Waals surface area contributed by atoms with Gasteiger partial charge in [0.2, 0.25) is 0 Å². The second-order valence-electron chi connectivity index (χ2n) is 4.18. The first-order valence-corrected chi connectivity index (χ1v) is 5.60. The average molecular weight is 254 g/mol. The molecule has 2 amide bonds. The van der Waals surface area contributed by atoms with Crippen LogP contribution in [0.1, 0.15) is 18.3 Å². The molecule has 0 radical (unpaired) electrons. The van der Waals surface area contributed by atoms with Gasteiger partial charge in [0.05, 0.1) is 23.2 Å². The van der Waals surface area contributed by atoms with Gasteiger partial charge < -0.3 is 15.7 Å². The number of rotatable bonds is 3. The van der Waals surface area contributed by atoms with Crippen molar-refractivity contribution in [2.45, 2.75) is 26.9 Å². The summed E-state index contributed by atoms with van der Waals surface area (Å²) in [6.45, 7) is 5.10. The lowest BCUT2D eigenvalue weighted by Crippen LogP contribution is -2.39. The Balaban J connectivity index is 2.67. The van der Waals surface area contributed by atoms with Crippen molar-refractivity contribution in [1.29, 1.82) is 0 Å². The fraction of sp³-hybridized carbons (Fsp3) is 0.545. The Bertz CT molecular complexity index is 465. The van der Waals surface area contributed by atoms with Crippen LogP contribution in [0.15, 0.2) is 0 Å². The Labute approximate surface area is 105 Å². The van der Waals surface area contributed by atoms with Gasteiger partial charge in [-0.3, -0.25) is 14.3 Å². The highest BCUT2D eigenvalue weighted by atomic mass is 16.3. The number of nitrogens with zero attached hydrogens (tertiary/aromatic N) is 2. The van der Waals surface area contributed by atoms with Crippen LogP contribution in [-0.4, -0.2) is 39.4 Å². The van der Waals surface area contributed by atoms with Crippen molar-refractivity contribution < 1.29 is 14.7 Å². The fourth-order valence-electron chi connectivity index (χ4n) is 1.45. The third kappa shape index (κ3) is 3.30. The Kier molecular flexibility index (Phi) is 4.43. The number of hydrogen-bond donors (Lipinski definition) is 3. The van der Waals surface area contributed by atoms with Gasteiger partial charge in [0, 0.05) is 13.6 Å². The first-order valence-electron chi connectivity index (χ1n) is 5.60. The van der Waals surface area contributed by atoms with E-state index in [2.05, 4.69) is 15.7 Å². The third-order valence-electron chi connectivity index (χ3n) is 2.51. The van der Waals surface area contributed by atoms with E-state index in [9.17, 15) is 9.59 Å². The summed E-state index contributed by atoms with van der Waals surface area (Å²) in [6, 6.07) is 0. The van der Waals surface area contributed by atoms with E-state index in [4.69, 9.17) is 5.11 Å². The van der Waals surface area contributed by atoms with Crippen LogP contribution in [0.5, 0.6) is 0 Å². The third-order valence-corrected chi connectivity index (χ3v) is 2.51. The molecule has 0 aliphatic rings. The van der Waals surface area contributed by atoms with Crippen LogP contribution in [0.2, 0.25) is 0 Å². The lowest BCUT2D eigenvalue weighted by atomic mass is 10.3. The van der Waals surface area contributed by atoms with E-state index in [1.807, 2.05) is 0 Å². The van der Waals surface area contributed by atoms with E-state index in [0.29, 0.717) is 11.4 Å². The molecule has 0 fully saturated rings. The molecule has 0 saturated carbocycles. The lowest BCUT2D eigenvalue weighted by molar-refractivity contribution is -0.136. The number of aromatic nitrogens is 2. The van der Waals surface area contributed by atoms with Gasteiger partial charge in [-0.25, -0.2) is 0 Å². The van der Waals surface area contributed by atoms with Crippen LogP contribution in [0.25, 0.3) is 0 Å². The number of anilines is 1. The molecular formula is C11H18N4O3. The van der Waals surface area contributed by atoms with E-state index < -0.39 is 17.9 Å². The first kappa shape index (κ1) is 14.2. The number of aliphatic hydroxyl groups is 1. The molecule has 3 N–H and O–H groups in total. The summed E-state index contributed by atoms with van der Waals surface area (Å²) < 4.78 is 1.62. The SMILES string of the molecule is Cc1nn(C)c(C)c1NC(=O)C(=O)NC[C@H](C)O. The maximum Gasteiger partial charge on any atom is 0.313 e. The van der Waals surface area contributed by atoms with E-state index >= 15 is 0 Å². The van der Waals surface area contributed by atoms with Crippen LogP contribution in [-0.2, 0) is 16.6 Å². The summed E-state index contributed by atoms with van der Waals surface area (Å²) >= 11 is 0. The molecule has 1 atom stereocenters. The van der Waals surface area contributed by atoms with E-state index in [0.717, 1.165) is 5.69 Å². The number of carbonyl (C=O) groups is 2. The Morgan fingerprint density at radius 2 is 2.00 bits per heavy atom. The summed E-state index contributed by atoms with van der Waals surface area (Å²) in [7, 11) is 1.76. The maximum absolute atomic E-state index is 11.6. The van der Waals surface area contributed by atoms with Gasteiger partial charge in [-0.05, 0) is 20.8 Å². The standard InChI is InChI=1S/C11H18N4O3/c1-6(16)5-12-10(17)11(18)13-9-7(2)14-15(4)8(9)3/h6,16H,5H2,1-4H3,(H,12,17)(H,13,18)/t6-/m0/s1. The van der Waals surface area contributed by atoms with Gasteiger partial charge in [0.1, 0.15) is 0 Å². The summed E-state index contributed by atoms with van der Waals surface area (Å²) in [5, 5.41) is 18.0. The number of aryl methyl sites for hydroxylation is 2.